The van der Waals surface area contributed by atoms with Crippen molar-refractivity contribution < 1.29 is 9.53 Å². The van der Waals surface area contributed by atoms with Crippen LogP contribution in [0.25, 0.3) is 0 Å². The predicted molar refractivity (Wildman–Crippen MR) is 87.4 cm³/mol. The highest BCUT2D eigenvalue weighted by Crippen LogP contribution is 2.25. The summed E-state index contributed by atoms with van der Waals surface area (Å²) in [7, 11) is 1.60. The number of carbonyl (C=O) groups excluding carboxylic acids is 1. The Balaban J connectivity index is 1.70. The van der Waals surface area contributed by atoms with E-state index in [4.69, 9.17) is 4.74 Å². The molecule has 5 heteroatoms. The summed E-state index contributed by atoms with van der Waals surface area (Å²) >= 11 is 1.69. The average molecular weight is 316 g/mol. The lowest BCUT2D eigenvalue weighted by molar-refractivity contribution is 0.0670. The van der Waals surface area contributed by atoms with E-state index in [1.165, 1.54) is 0 Å². The van der Waals surface area contributed by atoms with E-state index in [0.717, 1.165) is 37.4 Å². The van der Waals surface area contributed by atoms with Crippen LogP contribution in [0.2, 0.25) is 0 Å². The topological polar surface area (TPSA) is 42.4 Å². The number of hydrogen-bond donors (Lipinski definition) is 0. The van der Waals surface area contributed by atoms with Crippen LogP contribution >= 0.6 is 11.3 Å². The third-order valence-corrected chi connectivity index (χ3v) is 4.89. The lowest BCUT2D eigenvalue weighted by Gasteiger charge is -2.32. The average Bonchev–Trinajstić information content (AvgIpc) is 3.07. The maximum Gasteiger partial charge on any atom is 0.257 e. The molecule has 1 aliphatic rings. The molecule has 0 unspecified atom stereocenters. The fraction of sp³-hybridized carbons (Fsp3) is 0.412. The zero-order chi connectivity index (χ0) is 15.4. The Labute approximate surface area is 134 Å². The molecule has 116 valence electrons. The number of ether oxygens (including phenoxy) is 1. The van der Waals surface area contributed by atoms with Crippen LogP contribution in [-0.2, 0) is 6.42 Å². The summed E-state index contributed by atoms with van der Waals surface area (Å²) in [4.78, 5) is 19.1. The van der Waals surface area contributed by atoms with Crippen molar-refractivity contribution in [1.82, 2.24) is 9.88 Å². The van der Waals surface area contributed by atoms with E-state index in [9.17, 15) is 4.79 Å². The predicted octanol–water partition coefficient (Wildman–Crippen LogP) is 3.25. The molecule has 1 saturated heterocycles. The second-order valence-electron chi connectivity index (χ2n) is 5.59. The Morgan fingerprint density at radius 2 is 2.32 bits per heavy atom. The Hall–Kier alpha value is -1.88. The van der Waals surface area contributed by atoms with Gasteiger partial charge >= 0.3 is 0 Å². The third-order valence-electron chi connectivity index (χ3n) is 4.09. The molecular formula is C17H20N2O2S. The number of hydrogen-bond acceptors (Lipinski definition) is 4. The standard InChI is InChI=1S/C17H20N2O2S/c1-21-15-7-3-2-6-14(15)17(20)19-9-4-5-13(12-19)11-16-18-8-10-22-16/h2-3,6-8,10,13H,4-5,9,11-12H2,1H3/t13-/m1/s1. The van der Waals surface area contributed by atoms with Gasteiger partial charge in [-0.05, 0) is 30.9 Å². The molecule has 22 heavy (non-hydrogen) atoms. The van der Waals surface area contributed by atoms with Crippen LogP contribution in [0.5, 0.6) is 5.75 Å². The highest BCUT2D eigenvalue weighted by atomic mass is 32.1. The van der Waals surface area contributed by atoms with Gasteiger partial charge < -0.3 is 9.64 Å². The summed E-state index contributed by atoms with van der Waals surface area (Å²) in [5.41, 5.74) is 0.653. The molecule has 3 rings (SSSR count). The summed E-state index contributed by atoms with van der Waals surface area (Å²) in [6.45, 7) is 1.63. The minimum atomic E-state index is 0.0706. The Morgan fingerprint density at radius 1 is 1.45 bits per heavy atom. The van der Waals surface area contributed by atoms with Crippen molar-refractivity contribution in [3.63, 3.8) is 0 Å². The lowest BCUT2D eigenvalue weighted by atomic mass is 9.94. The number of carbonyl (C=O) groups is 1. The molecule has 1 amide bonds. The van der Waals surface area contributed by atoms with Gasteiger partial charge in [0.05, 0.1) is 17.7 Å². The van der Waals surface area contributed by atoms with Crippen LogP contribution in [0.1, 0.15) is 28.2 Å². The van der Waals surface area contributed by atoms with Crippen molar-refractivity contribution >= 4 is 17.2 Å². The Morgan fingerprint density at radius 3 is 3.09 bits per heavy atom. The summed E-state index contributed by atoms with van der Waals surface area (Å²) in [5.74, 6) is 1.22. The number of piperidine rings is 1. The van der Waals surface area contributed by atoms with Crippen LogP contribution in [0.3, 0.4) is 0 Å². The number of aromatic nitrogens is 1. The summed E-state index contributed by atoms with van der Waals surface area (Å²) in [6, 6.07) is 7.44. The second-order valence-corrected chi connectivity index (χ2v) is 6.57. The van der Waals surface area contributed by atoms with Crippen LogP contribution in [-0.4, -0.2) is 36.0 Å². The molecule has 1 fully saturated rings. The zero-order valence-electron chi connectivity index (χ0n) is 12.7. The first-order valence-electron chi connectivity index (χ1n) is 7.58. The minimum absolute atomic E-state index is 0.0706. The van der Waals surface area contributed by atoms with Gasteiger partial charge in [-0.25, -0.2) is 4.98 Å². The molecule has 4 nitrogen and oxygen atoms in total. The number of thiazole rings is 1. The van der Waals surface area contributed by atoms with Gasteiger partial charge in [0.25, 0.3) is 5.91 Å². The molecule has 0 spiro atoms. The largest absolute Gasteiger partial charge is 0.496 e. The number of methoxy groups -OCH3 is 1. The second kappa shape index (κ2) is 6.92. The SMILES string of the molecule is COc1ccccc1C(=O)N1CCC[C@H](Cc2nccs2)C1. The number of nitrogens with zero attached hydrogens (tertiary/aromatic N) is 2. The minimum Gasteiger partial charge on any atom is -0.496 e. The van der Waals surface area contributed by atoms with E-state index in [1.54, 1.807) is 18.4 Å². The van der Waals surface area contributed by atoms with Gasteiger partial charge in [-0.1, -0.05) is 12.1 Å². The first-order valence-corrected chi connectivity index (χ1v) is 8.46. The van der Waals surface area contributed by atoms with Crippen molar-refractivity contribution in [2.45, 2.75) is 19.3 Å². The normalized spacial score (nSPS) is 18.2. The van der Waals surface area contributed by atoms with Gasteiger partial charge in [0, 0.05) is 31.1 Å². The molecule has 0 aliphatic carbocycles. The van der Waals surface area contributed by atoms with Gasteiger partial charge in [0.2, 0.25) is 0 Å². The van der Waals surface area contributed by atoms with Crippen LogP contribution < -0.4 is 4.74 Å². The molecule has 0 bridgehead atoms. The molecule has 1 aromatic carbocycles. The van der Waals surface area contributed by atoms with Gasteiger partial charge in [-0.15, -0.1) is 11.3 Å². The molecule has 0 saturated carbocycles. The van der Waals surface area contributed by atoms with E-state index in [-0.39, 0.29) is 5.91 Å². The first kappa shape index (κ1) is 15.0. The quantitative estimate of drug-likeness (QED) is 0.869. The summed E-state index contributed by atoms with van der Waals surface area (Å²) < 4.78 is 5.31. The number of rotatable bonds is 4. The zero-order valence-corrected chi connectivity index (χ0v) is 13.5. The fourth-order valence-corrected chi connectivity index (χ4v) is 3.74. The maximum atomic E-state index is 12.8. The van der Waals surface area contributed by atoms with E-state index in [1.807, 2.05) is 40.7 Å². The number of amides is 1. The number of para-hydroxylation sites is 1. The first-order chi connectivity index (χ1) is 10.8. The fourth-order valence-electron chi connectivity index (χ4n) is 3.01. The lowest BCUT2D eigenvalue weighted by Crippen LogP contribution is -2.40. The number of likely N-dealkylation sites (tertiary alicyclic amines) is 1. The van der Waals surface area contributed by atoms with Crippen LogP contribution in [0, 0.1) is 5.92 Å². The highest BCUT2D eigenvalue weighted by molar-refractivity contribution is 7.09. The van der Waals surface area contributed by atoms with Crippen molar-refractivity contribution in [3.05, 3.63) is 46.4 Å². The summed E-state index contributed by atoms with van der Waals surface area (Å²) in [5, 5.41) is 3.17. The van der Waals surface area contributed by atoms with E-state index < -0.39 is 0 Å². The van der Waals surface area contributed by atoms with Crippen molar-refractivity contribution in [2.75, 3.05) is 20.2 Å². The van der Waals surface area contributed by atoms with Crippen LogP contribution in [0.4, 0.5) is 0 Å². The molecule has 1 aliphatic heterocycles. The van der Waals surface area contributed by atoms with E-state index in [0.29, 0.717) is 17.2 Å². The molecule has 2 heterocycles. The van der Waals surface area contributed by atoms with Gasteiger partial charge in [0.15, 0.2) is 0 Å². The third kappa shape index (κ3) is 3.30. The summed E-state index contributed by atoms with van der Waals surface area (Å²) in [6.07, 6.45) is 5.03. The van der Waals surface area contributed by atoms with Gasteiger partial charge in [0.1, 0.15) is 5.75 Å². The molecule has 1 atom stereocenters. The molecule has 2 aromatic rings. The van der Waals surface area contributed by atoms with Crippen molar-refractivity contribution in [1.29, 1.82) is 0 Å². The Kier molecular flexibility index (Phi) is 4.73. The van der Waals surface area contributed by atoms with Gasteiger partial charge in [-0.2, -0.15) is 0 Å². The van der Waals surface area contributed by atoms with Crippen molar-refractivity contribution in [3.8, 4) is 5.75 Å². The Bertz CT molecular complexity index is 627. The molecule has 0 N–H and O–H groups in total. The van der Waals surface area contributed by atoms with Crippen LogP contribution in [0.15, 0.2) is 35.8 Å². The molecular weight excluding hydrogens is 296 g/mol. The molecule has 0 radical (unpaired) electrons. The maximum absolute atomic E-state index is 12.8. The molecule has 1 aromatic heterocycles. The van der Waals surface area contributed by atoms with E-state index in [2.05, 4.69) is 4.98 Å². The number of benzene rings is 1. The monoisotopic (exact) mass is 316 g/mol. The van der Waals surface area contributed by atoms with E-state index >= 15 is 0 Å². The van der Waals surface area contributed by atoms with Gasteiger partial charge in [-0.3, -0.25) is 4.79 Å². The van der Waals surface area contributed by atoms with Crippen molar-refractivity contribution in [2.24, 2.45) is 5.92 Å². The smallest absolute Gasteiger partial charge is 0.257 e. The highest BCUT2D eigenvalue weighted by Gasteiger charge is 2.26.